The summed E-state index contributed by atoms with van der Waals surface area (Å²) in [7, 11) is 0. The number of carboxylic acid groups (broad SMARTS) is 1. The van der Waals surface area contributed by atoms with Crippen LogP contribution in [-0.2, 0) is 9.59 Å². The van der Waals surface area contributed by atoms with Gasteiger partial charge in [-0.1, -0.05) is 27.7 Å². The highest BCUT2D eigenvalue weighted by Crippen LogP contribution is 2.04. The molecule has 0 saturated carbocycles. The summed E-state index contributed by atoms with van der Waals surface area (Å²) in [5.74, 6) is -1.24. The molecule has 0 rings (SSSR count). The van der Waals surface area contributed by atoms with E-state index in [1.54, 1.807) is 13.8 Å². The van der Waals surface area contributed by atoms with Crippen LogP contribution in [0.3, 0.4) is 0 Å². The maximum atomic E-state index is 11.8. The minimum Gasteiger partial charge on any atom is -0.480 e. The molecule has 0 aliphatic heterocycles. The van der Waals surface area contributed by atoms with Gasteiger partial charge in [-0.15, -0.1) is 0 Å². The molecule has 2 N–H and O–H groups in total. The van der Waals surface area contributed by atoms with E-state index in [-0.39, 0.29) is 11.8 Å². The van der Waals surface area contributed by atoms with Gasteiger partial charge in [-0.25, -0.2) is 4.79 Å². The fourth-order valence-electron chi connectivity index (χ4n) is 2.19. The number of carboxylic acids is 1. The maximum Gasteiger partial charge on any atom is 0.326 e. The summed E-state index contributed by atoms with van der Waals surface area (Å²) in [4.78, 5) is 25.1. The molecule has 0 heterocycles. The van der Waals surface area contributed by atoms with E-state index in [4.69, 9.17) is 5.11 Å². The first-order chi connectivity index (χ1) is 9.42. The van der Waals surface area contributed by atoms with Gasteiger partial charge >= 0.3 is 5.97 Å². The Labute approximate surface area is 122 Å². The summed E-state index contributed by atoms with van der Waals surface area (Å²) in [6.07, 6.45) is 3.39. The van der Waals surface area contributed by atoms with Crippen molar-refractivity contribution >= 4 is 11.9 Å². The van der Waals surface area contributed by atoms with Crippen LogP contribution in [0.5, 0.6) is 0 Å². The van der Waals surface area contributed by atoms with Gasteiger partial charge in [-0.05, 0) is 44.8 Å². The average Bonchev–Trinajstić information content (AvgIpc) is 2.35. The summed E-state index contributed by atoms with van der Waals surface area (Å²) in [6.45, 7) is 10.9. The Morgan fingerprint density at radius 1 is 1.10 bits per heavy atom. The molecule has 5 nitrogen and oxygen atoms in total. The van der Waals surface area contributed by atoms with Crippen LogP contribution >= 0.6 is 0 Å². The number of hydrogen-bond donors (Lipinski definition) is 2. The van der Waals surface area contributed by atoms with Crippen molar-refractivity contribution < 1.29 is 14.7 Å². The van der Waals surface area contributed by atoms with Crippen LogP contribution < -0.4 is 5.32 Å². The van der Waals surface area contributed by atoms with Gasteiger partial charge in [0.1, 0.15) is 6.04 Å². The van der Waals surface area contributed by atoms with Crippen molar-refractivity contribution in [1.82, 2.24) is 10.2 Å². The first-order valence-corrected chi connectivity index (χ1v) is 7.66. The van der Waals surface area contributed by atoms with Crippen molar-refractivity contribution in [2.45, 2.75) is 59.4 Å². The van der Waals surface area contributed by atoms with Crippen LogP contribution in [0.25, 0.3) is 0 Å². The fourth-order valence-corrected chi connectivity index (χ4v) is 2.19. The predicted molar refractivity (Wildman–Crippen MR) is 80.7 cm³/mol. The Morgan fingerprint density at radius 2 is 1.65 bits per heavy atom. The number of aliphatic carboxylic acids is 1. The number of hydrogen-bond acceptors (Lipinski definition) is 3. The maximum absolute atomic E-state index is 11.8. The second kappa shape index (κ2) is 10.7. The third-order valence-corrected chi connectivity index (χ3v) is 3.21. The number of nitrogens with one attached hydrogen (secondary N) is 1. The predicted octanol–water partition coefficient (Wildman–Crippen LogP) is 2.11. The second-order valence-electron chi connectivity index (χ2n) is 5.57. The van der Waals surface area contributed by atoms with Crippen LogP contribution in [-0.4, -0.2) is 47.6 Å². The molecule has 0 fully saturated rings. The van der Waals surface area contributed by atoms with Crippen molar-refractivity contribution in [3.8, 4) is 0 Å². The highest BCUT2D eigenvalue weighted by Gasteiger charge is 2.22. The number of carbonyl (C=O) groups is 2. The van der Waals surface area contributed by atoms with E-state index in [9.17, 15) is 9.59 Å². The topological polar surface area (TPSA) is 69.6 Å². The smallest absolute Gasteiger partial charge is 0.326 e. The molecule has 20 heavy (non-hydrogen) atoms. The molecular weight excluding hydrogens is 256 g/mol. The summed E-state index contributed by atoms with van der Waals surface area (Å²) in [6, 6.07) is -0.787. The van der Waals surface area contributed by atoms with Gasteiger partial charge in [0, 0.05) is 6.42 Å². The van der Waals surface area contributed by atoms with Gasteiger partial charge in [0.2, 0.25) is 5.91 Å². The monoisotopic (exact) mass is 286 g/mol. The Morgan fingerprint density at radius 3 is 2.05 bits per heavy atom. The zero-order valence-electron chi connectivity index (χ0n) is 13.3. The molecule has 1 atom stereocenters. The van der Waals surface area contributed by atoms with Crippen molar-refractivity contribution in [1.29, 1.82) is 0 Å². The quantitative estimate of drug-likeness (QED) is 0.610. The van der Waals surface area contributed by atoms with Gasteiger partial charge in [-0.3, -0.25) is 4.79 Å². The van der Waals surface area contributed by atoms with Gasteiger partial charge in [0.05, 0.1) is 0 Å². The Bertz CT molecular complexity index is 287. The summed E-state index contributed by atoms with van der Waals surface area (Å²) in [5.41, 5.74) is 0. The van der Waals surface area contributed by atoms with Crippen molar-refractivity contribution in [3.63, 3.8) is 0 Å². The van der Waals surface area contributed by atoms with Gasteiger partial charge in [-0.2, -0.15) is 0 Å². The molecule has 0 aromatic heterocycles. The van der Waals surface area contributed by atoms with E-state index in [1.165, 1.54) is 0 Å². The molecule has 0 aromatic carbocycles. The standard InChI is InChI=1S/C15H30N2O3/c1-5-9-17(10-6-2)11-7-8-13(18)16-14(12(3)4)15(19)20/h12,14H,5-11H2,1-4H3,(H,16,18)(H,19,20). The summed E-state index contributed by atoms with van der Waals surface area (Å²) >= 11 is 0. The lowest BCUT2D eigenvalue weighted by molar-refractivity contribution is -0.143. The lowest BCUT2D eigenvalue weighted by Gasteiger charge is -2.21. The zero-order chi connectivity index (χ0) is 15.5. The minimum absolute atomic E-state index is 0.104. The highest BCUT2D eigenvalue weighted by molar-refractivity contribution is 5.83. The van der Waals surface area contributed by atoms with E-state index < -0.39 is 12.0 Å². The first-order valence-electron chi connectivity index (χ1n) is 7.66. The third kappa shape index (κ3) is 8.15. The molecule has 0 aliphatic carbocycles. The SMILES string of the molecule is CCCN(CCC)CCCC(=O)NC(C(=O)O)C(C)C. The molecule has 0 aromatic rings. The Balaban J connectivity index is 4.05. The van der Waals surface area contributed by atoms with Crippen LogP contribution in [0.15, 0.2) is 0 Å². The Kier molecular flexibility index (Phi) is 10.1. The lowest BCUT2D eigenvalue weighted by Crippen LogP contribution is -2.44. The normalized spacial score (nSPS) is 12.7. The van der Waals surface area contributed by atoms with E-state index in [0.717, 1.165) is 38.9 Å². The van der Waals surface area contributed by atoms with Crippen LogP contribution in [0.4, 0.5) is 0 Å². The van der Waals surface area contributed by atoms with E-state index in [2.05, 4.69) is 24.1 Å². The first kappa shape index (κ1) is 18.9. The second-order valence-corrected chi connectivity index (χ2v) is 5.57. The number of nitrogens with zero attached hydrogens (tertiary/aromatic N) is 1. The van der Waals surface area contributed by atoms with E-state index in [1.807, 2.05) is 0 Å². The molecule has 0 bridgehead atoms. The fraction of sp³-hybridized carbons (Fsp3) is 0.867. The molecule has 0 spiro atoms. The molecule has 0 radical (unpaired) electrons. The van der Waals surface area contributed by atoms with Gasteiger partial charge in [0.25, 0.3) is 0 Å². The molecule has 1 unspecified atom stereocenters. The Hall–Kier alpha value is -1.10. The molecule has 118 valence electrons. The number of rotatable bonds is 11. The van der Waals surface area contributed by atoms with Crippen LogP contribution in [0.2, 0.25) is 0 Å². The summed E-state index contributed by atoms with van der Waals surface area (Å²) < 4.78 is 0. The third-order valence-electron chi connectivity index (χ3n) is 3.21. The largest absolute Gasteiger partial charge is 0.480 e. The number of amides is 1. The minimum atomic E-state index is -0.966. The molecule has 5 heteroatoms. The number of carbonyl (C=O) groups excluding carboxylic acids is 1. The lowest BCUT2D eigenvalue weighted by atomic mass is 10.0. The van der Waals surface area contributed by atoms with Crippen molar-refractivity contribution in [2.24, 2.45) is 5.92 Å². The van der Waals surface area contributed by atoms with Crippen molar-refractivity contribution in [3.05, 3.63) is 0 Å². The van der Waals surface area contributed by atoms with Crippen LogP contribution in [0.1, 0.15) is 53.4 Å². The highest BCUT2D eigenvalue weighted by atomic mass is 16.4. The molecule has 0 aliphatic rings. The van der Waals surface area contributed by atoms with E-state index in [0.29, 0.717) is 6.42 Å². The van der Waals surface area contributed by atoms with Crippen molar-refractivity contribution in [2.75, 3.05) is 19.6 Å². The van der Waals surface area contributed by atoms with E-state index >= 15 is 0 Å². The van der Waals surface area contributed by atoms with Crippen LogP contribution in [0, 0.1) is 5.92 Å². The van der Waals surface area contributed by atoms with Gasteiger partial charge < -0.3 is 15.3 Å². The van der Waals surface area contributed by atoms with Gasteiger partial charge in [0.15, 0.2) is 0 Å². The molecule has 0 saturated heterocycles. The average molecular weight is 286 g/mol. The molecule has 1 amide bonds. The summed E-state index contributed by atoms with van der Waals surface area (Å²) in [5, 5.41) is 11.6. The molecular formula is C15H30N2O3. The zero-order valence-corrected chi connectivity index (χ0v) is 13.3.